The fourth-order valence-electron chi connectivity index (χ4n) is 3.19. The molecule has 0 aliphatic heterocycles. The third-order valence-electron chi connectivity index (χ3n) is 4.76. The van der Waals surface area contributed by atoms with E-state index in [0.29, 0.717) is 11.1 Å². The molecule has 0 unspecified atom stereocenters. The molecular formula is C23H27N3O4S. The number of sulfonamides is 1. The van der Waals surface area contributed by atoms with Gasteiger partial charge in [0, 0.05) is 43.6 Å². The van der Waals surface area contributed by atoms with Crippen molar-refractivity contribution >= 4 is 32.4 Å². The van der Waals surface area contributed by atoms with E-state index >= 15 is 0 Å². The number of nitrogens with one attached hydrogen (secondary N) is 2. The van der Waals surface area contributed by atoms with Gasteiger partial charge in [-0.05, 0) is 31.2 Å². The van der Waals surface area contributed by atoms with Gasteiger partial charge in [0.2, 0.25) is 10.0 Å². The Balaban J connectivity index is 1.56. The van der Waals surface area contributed by atoms with Crippen molar-refractivity contribution in [3.63, 3.8) is 0 Å². The fraction of sp³-hybridized carbons (Fsp3) is 0.261. The van der Waals surface area contributed by atoms with Crippen LogP contribution < -0.4 is 19.7 Å². The average Bonchev–Trinajstić information content (AvgIpc) is 2.75. The Labute approximate surface area is 183 Å². The first-order valence-electron chi connectivity index (χ1n) is 9.93. The summed E-state index contributed by atoms with van der Waals surface area (Å²) in [6.07, 6.45) is 0. The molecule has 3 aromatic carbocycles. The molecule has 7 nitrogen and oxygen atoms in total. The van der Waals surface area contributed by atoms with Crippen molar-refractivity contribution in [2.24, 2.45) is 0 Å². The van der Waals surface area contributed by atoms with Crippen molar-refractivity contribution in [1.82, 2.24) is 10.0 Å². The lowest BCUT2D eigenvalue weighted by atomic mass is 10.1. The summed E-state index contributed by atoms with van der Waals surface area (Å²) < 4.78 is 33.7. The summed E-state index contributed by atoms with van der Waals surface area (Å²) in [7, 11) is 0.0945. The number of carbonyl (C=O) groups excluding carboxylic acids is 1. The number of aryl methyl sites for hydroxylation is 1. The minimum Gasteiger partial charge on any atom is -0.484 e. The zero-order chi connectivity index (χ0) is 22.4. The molecule has 8 heteroatoms. The van der Waals surface area contributed by atoms with Gasteiger partial charge in [-0.3, -0.25) is 4.79 Å². The molecule has 2 N–H and O–H groups in total. The molecule has 31 heavy (non-hydrogen) atoms. The number of rotatable bonds is 9. The summed E-state index contributed by atoms with van der Waals surface area (Å²) in [4.78, 5) is 14.1. The lowest BCUT2D eigenvalue weighted by Crippen LogP contribution is -2.36. The van der Waals surface area contributed by atoms with Crippen LogP contribution in [0.1, 0.15) is 5.56 Å². The van der Waals surface area contributed by atoms with E-state index in [2.05, 4.69) is 10.0 Å². The van der Waals surface area contributed by atoms with Gasteiger partial charge in [-0.2, -0.15) is 0 Å². The van der Waals surface area contributed by atoms with Crippen LogP contribution in [0.4, 0.5) is 5.69 Å². The molecule has 0 atom stereocenters. The predicted molar refractivity (Wildman–Crippen MR) is 123 cm³/mol. The Kier molecular flexibility index (Phi) is 7.14. The summed E-state index contributed by atoms with van der Waals surface area (Å²) >= 11 is 0. The summed E-state index contributed by atoms with van der Waals surface area (Å²) in [5.41, 5.74) is 2.05. The van der Waals surface area contributed by atoms with E-state index < -0.39 is 10.0 Å². The van der Waals surface area contributed by atoms with Crippen LogP contribution in [-0.2, 0) is 14.8 Å². The number of fused-ring (bicyclic) bond motifs is 1. The Bertz CT molecular complexity index is 1160. The Morgan fingerprint density at radius 3 is 2.32 bits per heavy atom. The maximum atomic E-state index is 12.8. The first-order chi connectivity index (χ1) is 14.8. The third-order valence-corrected chi connectivity index (χ3v) is 6.28. The van der Waals surface area contributed by atoms with Crippen molar-refractivity contribution in [3.8, 4) is 5.75 Å². The molecule has 3 rings (SSSR count). The highest BCUT2D eigenvalue weighted by molar-refractivity contribution is 7.89. The molecule has 0 spiro atoms. The number of ether oxygens (including phenoxy) is 1. The van der Waals surface area contributed by atoms with Crippen LogP contribution in [0.3, 0.4) is 0 Å². The second-order valence-electron chi connectivity index (χ2n) is 7.37. The second-order valence-corrected chi connectivity index (χ2v) is 9.11. The van der Waals surface area contributed by atoms with E-state index in [4.69, 9.17) is 4.74 Å². The van der Waals surface area contributed by atoms with Crippen LogP contribution in [-0.4, -0.2) is 48.1 Å². The molecule has 0 aromatic heterocycles. The first kappa shape index (κ1) is 22.6. The molecule has 164 valence electrons. The number of hydrogen-bond donors (Lipinski definition) is 2. The normalized spacial score (nSPS) is 11.3. The number of amides is 1. The zero-order valence-electron chi connectivity index (χ0n) is 17.9. The van der Waals surface area contributed by atoms with Crippen LogP contribution >= 0.6 is 0 Å². The summed E-state index contributed by atoms with van der Waals surface area (Å²) in [6.45, 7) is 2.06. The minimum atomic E-state index is -3.74. The first-order valence-corrected chi connectivity index (χ1v) is 11.4. The van der Waals surface area contributed by atoms with E-state index in [-0.39, 0.29) is 30.5 Å². The molecule has 3 aromatic rings. The van der Waals surface area contributed by atoms with Gasteiger partial charge < -0.3 is 15.0 Å². The van der Waals surface area contributed by atoms with Gasteiger partial charge in [-0.1, -0.05) is 42.0 Å². The Morgan fingerprint density at radius 1 is 0.935 bits per heavy atom. The van der Waals surface area contributed by atoms with Crippen molar-refractivity contribution in [3.05, 3.63) is 66.2 Å². The second kappa shape index (κ2) is 9.80. The van der Waals surface area contributed by atoms with Crippen molar-refractivity contribution in [2.45, 2.75) is 11.8 Å². The number of nitrogens with zero attached hydrogens (tertiary/aromatic N) is 1. The van der Waals surface area contributed by atoms with Crippen LogP contribution in [0.25, 0.3) is 10.8 Å². The smallest absolute Gasteiger partial charge is 0.257 e. The lowest BCUT2D eigenvalue weighted by molar-refractivity contribution is -0.123. The Morgan fingerprint density at radius 2 is 1.61 bits per heavy atom. The van der Waals surface area contributed by atoms with Gasteiger partial charge in [-0.15, -0.1) is 0 Å². The van der Waals surface area contributed by atoms with Crippen molar-refractivity contribution < 1.29 is 17.9 Å². The highest BCUT2D eigenvalue weighted by Gasteiger charge is 2.18. The fourth-order valence-corrected chi connectivity index (χ4v) is 4.44. The van der Waals surface area contributed by atoms with E-state index in [1.54, 1.807) is 30.3 Å². The van der Waals surface area contributed by atoms with Gasteiger partial charge >= 0.3 is 0 Å². The van der Waals surface area contributed by atoms with Crippen LogP contribution in [0.15, 0.2) is 65.6 Å². The SMILES string of the molecule is Cc1ccc(OCC(=O)NCCNS(=O)(=O)c2cccc3c(N(C)C)cccc23)cc1. The molecule has 0 heterocycles. The molecule has 0 fully saturated rings. The quantitative estimate of drug-likeness (QED) is 0.499. The van der Waals surface area contributed by atoms with Crippen molar-refractivity contribution in [2.75, 3.05) is 38.7 Å². The van der Waals surface area contributed by atoms with Crippen molar-refractivity contribution in [1.29, 1.82) is 0 Å². The molecule has 1 amide bonds. The van der Waals surface area contributed by atoms with Crippen LogP contribution in [0, 0.1) is 6.92 Å². The van der Waals surface area contributed by atoms with E-state index in [0.717, 1.165) is 16.6 Å². The molecular weight excluding hydrogens is 414 g/mol. The maximum Gasteiger partial charge on any atom is 0.257 e. The minimum absolute atomic E-state index is 0.0718. The molecule has 0 aliphatic rings. The molecule has 0 saturated carbocycles. The number of carbonyl (C=O) groups is 1. The Hall–Kier alpha value is -3.10. The summed E-state index contributed by atoms with van der Waals surface area (Å²) in [5.74, 6) is 0.287. The monoisotopic (exact) mass is 441 g/mol. The van der Waals surface area contributed by atoms with Gasteiger partial charge in [0.1, 0.15) is 5.75 Å². The summed E-state index contributed by atoms with van der Waals surface area (Å²) in [6, 6.07) is 18.2. The maximum absolute atomic E-state index is 12.8. The topological polar surface area (TPSA) is 87.7 Å². The van der Waals surface area contributed by atoms with Crippen LogP contribution in [0.5, 0.6) is 5.75 Å². The molecule has 0 bridgehead atoms. The summed E-state index contributed by atoms with van der Waals surface area (Å²) in [5, 5.41) is 4.16. The lowest BCUT2D eigenvalue weighted by Gasteiger charge is -2.17. The standard InChI is InChI=1S/C23H27N3O4S/c1-17-10-12-18(13-11-17)30-16-23(27)24-14-15-25-31(28,29)22-9-5-6-19-20(22)7-4-8-21(19)26(2)3/h4-13,25H,14-16H2,1-3H3,(H,24,27). The third kappa shape index (κ3) is 5.74. The molecule has 0 radical (unpaired) electrons. The number of hydrogen-bond acceptors (Lipinski definition) is 5. The average molecular weight is 442 g/mol. The largest absolute Gasteiger partial charge is 0.484 e. The number of anilines is 1. The molecule has 0 saturated heterocycles. The van der Waals surface area contributed by atoms with Gasteiger partial charge in [-0.25, -0.2) is 13.1 Å². The number of benzene rings is 3. The highest BCUT2D eigenvalue weighted by Crippen LogP contribution is 2.29. The van der Waals surface area contributed by atoms with Gasteiger partial charge in [0.15, 0.2) is 6.61 Å². The zero-order valence-corrected chi connectivity index (χ0v) is 18.7. The van der Waals surface area contributed by atoms with E-state index in [1.165, 1.54) is 0 Å². The highest BCUT2D eigenvalue weighted by atomic mass is 32.2. The van der Waals surface area contributed by atoms with Gasteiger partial charge in [0.25, 0.3) is 5.91 Å². The molecule has 0 aliphatic carbocycles. The van der Waals surface area contributed by atoms with E-state index in [9.17, 15) is 13.2 Å². The van der Waals surface area contributed by atoms with Crippen LogP contribution in [0.2, 0.25) is 0 Å². The predicted octanol–water partition coefficient (Wildman–Crippen LogP) is 2.69. The van der Waals surface area contributed by atoms with Gasteiger partial charge in [0.05, 0.1) is 4.90 Å². The van der Waals surface area contributed by atoms with E-state index in [1.807, 2.05) is 56.3 Å².